The zero-order valence-electron chi connectivity index (χ0n) is 12.2. The van der Waals surface area contributed by atoms with Gasteiger partial charge < -0.3 is 14.8 Å². The first-order valence-corrected chi connectivity index (χ1v) is 7.33. The summed E-state index contributed by atoms with van der Waals surface area (Å²) in [5.41, 5.74) is 1.76. The Morgan fingerprint density at radius 2 is 2.14 bits per heavy atom. The molecule has 1 aliphatic rings. The van der Waals surface area contributed by atoms with E-state index in [4.69, 9.17) is 0 Å². The molecule has 5 nitrogen and oxygen atoms in total. The minimum absolute atomic E-state index is 0.118. The fourth-order valence-electron chi connectivity index (χ4n) is 2.77. The van der Waals surface area contributed by atoms with Crippen molar-refractivity contribution in [3.8, 4) is 5.69 Å². The molecule has 1 N–H and O–H groups in total. The van der Waals surface area contributed by atoms with Crippen LogP contribution in [0.2, 0.25) is 0 Å². The number of rotatable bonds is 3. The highest BCUT2D eigenvalue weighted by molar-refractivity contribution is 5.94. The standard InChI is InChI=1S/C16H20N4O/c1-17-14-3-2-9-19(11-14)16(21)13-4-6-15(7-5-13)20-10-8-18-12-20/h4-8,10,12,14,17H,2-3,9,11H2,1H3. The predicted molar refractivity (Wildman–Crippen MR) is 81.5 cm³/mol. The number of hydrogen-bond donors (Lipinski definition) is 1. The number of aromatic nitrogens is 2. The number of piperidine rings is 1. The van der Waals surface area contributed by atoms with Gasteiger partial charge in [0.05, 0.1) is 6.33 Å². The summed E-state index contributed by atoms with van der Waals surface area (Å²) < 4.78 is 1.92. The lowest BCUT2D eigenvalue weighted by Gasteiger charge is -2.32. The summed E-state index contributed by atoms with van der Waals surface area (Å²) in [6.07, 6.45) is 7.58. The zero-order valence-corrected chi connectivity index (χ0v) is 12.2. The van der Waals surface area contributed by atoms with Crippen molar-refractivity contribution in [2.75, 3.05) is 20.1 Å². The molecule has 1 atom stereocenters. The van der Waals surface area contributed by atoms with Gasteiger partial charge >= 0.3 is 0 Å². The highest BCUT2D eigenvalue weighted by Crippen LogP contribution is 2.15. The second-order valence-electron chi connectivity index (χ2n) is 5.40. The maximum Gasteiger partial charge on any atom is 0.253 e. The van der Waals surface area contributed by atoms with Crippen molar-refractivity contribution < 1.29 is 4.79 Å². The number of benzene rings is 1. The number of likely N-dealkylation sites (N-methyl/N-ethyl adjacent to an activating group) is 1. The molecular weight excluding hydrogens is 264 g/mol. The van der Waals surface area contributed by atoms with Crippen LogP contribution in [0.3, 0.4) is 0 Å². The highest BCUT2D eigenvalue weighted by atomic mass is 16.2. The van der Waals surface area contributed by atoms with E-state index >= 15 is 0 Å². The van der Waals surface area contributed by atoms with E-state index in [1.54, 1.807) is 12.5 Å². The van der Waals surface area contributed by atoms with E-state index in [1.165, 1.54) is 0 Å². The van der Waals surface area contributed by atoms with Crippen molar-refractivity contribution in [3.05, 3.63) is 48.5 Å². The van der Waals surface area contributed by atoms with Gasteiger partial charge in [0.1, 0.15) is 0 Å². The smallest absolute Gasteiger partial charge is 0.253 e. The van der Waals surface area contributed by atoms with Crippen LogP contribution in [0, 0.1) is 0 Å². The summed E-state index contributed by atoms with van der Waals surface area (Å²) in [7, 11) is 1.96. The Hall–Kier alpha value is -2.14. The molecule has 110 valence electrons. The number of hydrogen-bond acceptors (Lipinski definition) is 3. The van der Waals surface area contributed by atoms with Gasteiger partial charge in [-0.15, -0.1) is 0 Å². The fraction of sp³-hybridized carbons (Fsp3) is 0.375. The Bertz CT molecular complexity index is 591. The first kappa shape index (κ1) is 13.8. The van der Waals surface area contributed by atoms with E-state index in [0.29, 0.717) is 6.04 Å². The summed E-state index contributed by atoms with van der Waals surface area (Å²) in [6, 6.07) is 8.09. The Labute approximate surface area is 124 Å². The largest absolute Gasteiger partial charge is 0.337 e. The molecule has 1 fully saturated rings. The van der Waals surface area contributed by atoms with Crippen LogP contribution in [-0.2, 0) is 0 Å². The highest BCUT2D eigenvalue weighted by Gasteiger charge is 2.23. The van der Waals surface area contributed by atoms with E-state index < -0.39 is 0 Å². The van der Waals surface area contributed by atoms with Gasteiger partial charge in [0.2, 0.25) is 0 Å². The molecule has 5 heteroatoms. The molecule has 0 bridgehead atoms. The number of nitrogens with one attached hydrogen (secondary N) is 1. The van der Waals surface area contributed by atoms with Crippen LogP contribution in [0.4, 0.5) is 0 Å². The Kier molecular flexibility index (Phi) is 4.01. The zero-order chi connectivity index (χ0) is 14.7. The van der Waals surface area contributed by atoms with E-state index in [0.717, 1.165) is 37.2 Å². The van der Waals surface area contributed by atoms with Gasteiger partial charge in [-0.3, -0.25) is 4.79 Å². The number of nitrogens with zero attached hydrogens (tertiary/aromatic N) is 3. The van der Waals surface area contributed by atoms with Crippen molar-refractivity contribution in [1.82, 2.24) is 19.8 Å². The second kappa shape index (κ2) is 6.10. The summed E-state index contributed by atoms with van der Waals surface area (Å²) in [4.78, 5) is 18.5. The van der Waals surface area contributed by atoms with Gasteiger partial charge in [0, 0.05) is 42.8 Å². The van der Waals surface area contributed by atoms with E-state index in [-0.39, 0.29) is 5.91 Å². The summed E-state index contributed by atoms with van der Waals surface area (Å²) in [5, 5.41) is 3.26. The molecule has 3 rings (SSSR count). The van der Waals surface area contributed by atoms with Crippen molar-refractivity contribution in [2.24, 2.45) is 0 Å². The second-order valence-corrected chi connectivity index (χ2v) is 5.40. The molecule has 2 heterocycles. The SMILES string of the molecule is CNC1CCCN(C(=O)c2ccc(-n3ccnc3)cc2)C1. The number of imidazole rings is 1. The molecule has 1 amide bonds. The molecule has 1 aliphatic heterocycles. The van der Waals surface area contributed by atoms with E-state index in [9.17, 15) is 4.79 Å². The van der Waals surface area contributed by atoms with Gasteiger partial charge in [-0.1, -0.05) is 0 Å². The topological polar surface area (TPSA) is 50.2 Å². The summed E-state index contributed by atoms with van der Waals surface area (Å²) in [6.45, 7) is 1.64. The normalized spacial score (nSPS) is 18.7. The Morgan fingerprint density at radius 3 is 2.81 bits per heavy atom. The predicted octanol–water partition coefficient (Wildman–Crippen LogP) is 1.70. The first-order valence-electron chi connectivity index (χ1n) is 7.33. The van der Waals surface area contributed by atoms with Gasteiger partial charge in [-0.2, -0.15) is 0 Å². The molecular formula is C16H20N4O. The lowest BCUT2D eigenvalue weighted by Crippen LogP contribution is -2.46. The van der Waals surface area contributed by atoms with Crippen LogP contribution >= 0.6 is 0 Å². The maximum absolute atomic E-state index is 12.5. The first-order chi connectivity index (χ1) is 10.3. The lowest BCUT2D eigenvalue weighted by atomic mass is 10.0. The molecule has 0 aliphatic carbocycles. The molecule has 21 heavy (non-hydrogen) atoms. The molecule has 0 saturated carbocycles. The molecule has 1 aromatic heterocycles. The van der Waals surface area contributed by atoms with E-state index in [1.807, 2.05) is 47.0 Å². The number of amides is 1. The molecule has 0 radical (unpaired) electrons. The van der Waals surface area contributed by atoms with Crippen LogP contribution in [0.25, 0.3) is 5.69 Å². The van der Waals surface area contributed by atoms with Crippen LogP contribution in [0.15, 0.2) is 43.0 Å². The average Bonchev–Trinajstić information content (AvgIpc) is 3.09. The summed E-state index contributed by atoms with van der Waals surface area (Å²) >= 11 is 0. The maximum atomic E-state index is 12.5. The monoisotopic (exact) mass is 284 g/mol. The van der Waals surface area contributed by atoms with Crippen LogP contribution in [0.1, 0.15) is 23.2 Å². The van der Waals surface area contributed by atoms with Crippen LogP contribution < -0.4 is 5.32 Å². The number of carbonyl (C=O) groups excluding carboxylic acids is 1. The third kappa shape index (κ3) is 2.97. The van der Waals surface area contributed by atoms with Crippen LogP contribution in [-0.4, -0.2) is 46.5 Å². The number of carbonyl (C=O) groups is 1. The number of likely N-dealkylation sites (tertiary alicyclic amines) is 1. The van der Waals surface area contributed by atoms with Crippen LogP contribution in [0.5, 0.6) is 0 Å². The minimum atomic E-state index is 0.118. The van der Waals surface area contributed by atoms with Gasteiger partial charge in [-0.25, -0.2) is 4.98 Å². The lowest BCUT2D eigenvalue weighted by molar-refractivity contribution is 0.0698. The molecule has 1 saturated heterocycles. The van der Waals surface area contributed by atoms with Crippen molar-refractivity contribution in [1.29, 1.82) is 0 Å². The Morgan fingerprint density at radius 1 is 1.33 bits per heavy atom. The molecule has 1 aromatic carbocycles. The van der Waals surface area contributed by atoms with E-state index in [2.05, 4.69) is 10.3 Å². The van der Waals surface area contributed by atoms with Gasteiger partial charge in [-0.05, 0) is 44.2 Å². The van der Waals surface area contributed by atoms with Crippen molar-refractivity contribution in [3.63, 3.8) is 0 Å². The van der Waals surface area contributed by atoms with Crippen molar-refractivity contribution in [2.45, 2.75) is 18.9 Å². The third-order valence-electron chi connectivity index (χ3n) is 4.03. The quantitative estimate of drug-likeness (QED) is 0.933. The summed E-state index contributed by atoms with van der Waals surface area (Å²) in [5.74, 6) is 0.118. The van der Waals surface area contributed by atoms with Crippen molar-refractivity contribution >= 4 is 5.91 Å². The van der Waals surface area contributed by atoms with Gasteiger partial charge in [0.15, 0.2) is 0 Å². The molecule has 1 unspecified atom stereocenters. The minimum Gasteiger partial charge on any atom is -0.337 e. The average molecular weight is 284 g/mol. The van der Waals surface area contributed by atoms with Gasteiger partial charge in [0.25, 0.3) is 5.91 Å². The fourth-order valence-corrected chi connectivity index (χ4v) is 2.77. The Balaban J connectivity index is 1.73. The molecule has 0 spiro atoms. The third-order valence-corrected chi connectivity index (χ3v) is 4.03. The molecule has 2 aromatic rings.